The van der Waals surface area contributed by atoms with Crippen molar-refractivity contribution in [3.05, 3.63) is 74.3 Å². The lowest BCUT2D eigenvalue weighted by atomic mass is 10.0. The lowest BCUT2D eigenvalue weighted by Crippen LogP contribution is -2.40. The Bertz CT molecular complexity index is 1630. The van der Waals surface area contributed by atoms with E-state index in [4.69, 9.17) is 34.0 Å². The number of piperidine rings is 1. The van der Waals surface area contributed by atoms with E-state index in [0.717, 1.165) is 79.0 Å². The Morgan fingerprint density at radius 1 is 1.02 bits per heavy atom. The van der Waals surface area contributed by atoms with Crippen LogP contribution in [-0.2, 0) is 26.6 Å². The smallest absolute Gasteiger partial charge is 0.329 e. The average molecular weight is 583 g/mol. The molecule has 2 N–H and O–H groups in total. The van der Waals surface area contributed by atoms with E-state index in [9.17, 15) is 9.59 Å². The average Bonchev–Trinajstić information content (AvgIpc) is 3.45. The number of likely N-dealkylation sites (tertiary alicyclic amines) is 1. The Morgan fingerprint density at radius 2 is 1.77 bits per heavy atom. The SMILES string of the molecule is Cn1c(=O)n(C2CCN(CCCn3nc(-c4ccc(Cl)c(Cl)c4)c4c3CCN(C(N)=O)C4)CC2)c2ccccc21. The van der Waals surface area contributed by atoms with E-state index in [1.165, 1.54) is 0 Å². The van der Waals surface area contributed by atoms with E-state index in [1.807, 2.05) is 48.0 Å². The first-order valence-corrected chi connectivity index (χ1v) is 14.5. The Balaban J connectivity index is 1.13. The van der Waals surface area contributed by atoms with Gasteiger partial charge in [-0.05, 0) is 50.1 Å². The quantitative estimate of drug-likeness (QED) is 0.358. The lowest BCUT2D eigenvalue weighted by molar-refractivity contribution is 0.181. The standard InChI is InChI=1S/C29H33Cl2N7O2/c1-34-25-5-2-3-6-26(25)38(29(34)40)20-9-14-35(15-10-20)12-4-13-37-24-11-16-36(28(32)39)18-21(24)27(33-37)19-7-8-22(30)23(31)17-19/h2-3,5-8,17,20H,4,9-16,18H2,1H3,(H2,32,39). The summed E-state index contributed by atoms with van der Waals surface area (Å²) in [6.07, 6.45) is 3.57. The minimum absolute atomic E-state index is 0.0655. The highest BCUT2D eigenvalue weighted by Gasteiger charge is 2.28. The summed E-state index contributed by atoms with van der Waals surface area (Å²) < 4.78 is 5.83. The molecule has 6 rings (SSSR count). The first-order chi connectivity index (χ1) is 19.3. The molecule has 2 aromatic carbocycles. The summed E-state index contributed by atoms with van der Waals surface area (Å²) in [5, 5.41) is 5.94. The molecular formula is C29H33Cl2N7O2. The van der Waals surface area contributed by atoms with Crippen LogP contribution in [-0.4, -0.2) is 60.9 Å². The van der Waals surface area contributed by atoms with Crippen molar-refractivity contribution in [1.29, 1.82) is 0 Å². The molecular weight excluding hydrogens is 549 g/mol. The Labute approximate surface area is 242 Å². The van der Waals surface area contributed by atoms with Crippen molar-refractivity contribution < 1.29 is 4.79 Å². The van der Waals surface area contributed by atoms with Gasteiger partial charge in [0.05, 0.1) is 33.3 Å². The van der Waals surface area contributed by atoms with Gasteiger partial charge in [-0.25, -0.2) is 9.59 Å². The predicted molar refractivity (Wildman–Crippen MR) is 158 cm³/mol. The van der Waals surface area contributed by atoms with Gasteiger partial charge >= 0.3 is 11.7 Å². The van der Waals surface area contributed by atoms with Crippen molar-refractivity contribution in [2.45, 2.75) is 44.8 Å². The zero-order valence-corrected chi connectivity index (χ0v) is 24.0. The number of nitrogens with two attached hydrogens (primary N) is 1. The molecule has 0 saturated carbocycles. The maximum atomic E-state index is 13.0. The molecule has 0 unspecified atom stereocenters. The largest absolute Gasteiger partial charge is 0.351 e. The Hall–Kier alpha value is -3.27. The van der Waals surface area contributed by atoms with Crippen LogP contribution in [0.15, 0.2) is 47.3 Å². The number of imidazole rings is 1. The molecule has 2 aromatic heterocycles. The summed E-state index contributed by atoms with van der Waals surface area (Å²) in [5.74, 6) is 0. The first-order valence-electron chi connectivity index (χ1n) is 13.8. The van der Waals surface area contributed by atoms with Gasteiger partial charge < -0.3 is 15.5 Å². The van der Waals surface area contributed by atoms with Crippen LogP contribution in [0.25, 0.3) is 22.3 Å². The van der Waals surface area contributed by atoms with E-state index in [1.54, 1.807) is 15.5 Å². The third kappa shape index (κ3) is 4.91. The summed E-state index contributed by atoms with van der Waals surface area (Å²) >= 11 is 12.5. The van der Waals surface area contributed by atoms with Crippen LogP contribution >= 0.6 is 23.2 Å². The van der Waals surface area contributed by atoms with E-state index >= 15 is 0 Å². The van der Waals surface area contributed by atoms with Gasteiger partial charge in [0.2, 0.25) is 0 Å². The predicted octanol–water partition coefficient (Wildman–Crippen LogP) is 4.67. The van der Waals surface area contributed by atoms with Crippen molar-refractivity contribution >= 4 is 40.3 Å². The molecule has 11 heteroatoms. The van der Waals surface area contributed by atoms with Crippen LogP contribution in [0.4, 0.5) is 4.79 Å². The van der Waals surface area contributed by atoms with Gasteiger partial charge in [0.25, 0.3) is 0 Å². The maximum absolute atomic E-state index is 13.0. The van der Waals surface area contributed by atoms with E-state index in [0.29, 0.717) is 29.6 Å². The maximum Gasteiger partial charge on any atom is 0.329 e. The van der Waals surface area contributed by atoms with Crippen LogP contribution in [0.2, 0.25) is 10.0 Å². The van der Waals surface area contributed by atoms with Gasteiger partial charge in [-0.1, -0.05) is 41.4 Å². The lowest BCUT2D eigenvalue weighted by Gasteiger charge is -2.32. The number of fused-ring (bicyclic) bond motifs is 2. The number of carbonyl (C=O) groups excluding carboxylic acids is 1. The zero-order valence-electron chi connectivity index (χ0n) is 22.5. The number of urea groups is 1. The molecule has 0 bridgehead atoms. The van der Waals surface area contributed by atoms with Gasteiger partial charge in [0, 0.05) is 62.5 Å². The van der Waals surface area contributed by atoms with Crippen LogP contribution < -0.4 is 11.4 Å². The van der Waals surface area contributed by atoms with Crippen LogP contribution in [0.1, 0.15) is 36.6 Å². The van der Waals surface area contributed by atoms with E-state index < -0.39 is 6.03 Å². The van der Waals surface area contributed by atoms with Gasteiger partial charge in [0.15, 0.2) is 0 Å². The highest BCUT2D eigenvalue weighted by molar-refractivity contribution is 6.42. The highest BCUT2D eigenvalue weighted by Crippen LogP contribution is 2.34. The molecule has 9 nitrogen and oxygen atoms in total. The number of benzene rings is 2. The molecule has 2 aliphatic heterocycles. The van der Waals surface area contributed by atoms with Crippen LogP contribution in [0, 0.1) is 0 Å². The number of primary amides is 1. The van der Waals surface area contributed by atoms with Crippen LogP contribution in [0.3, 0.4) is 0 Å². The molecule has 0 atom stereocenters. The fourth-order valence-electron chi connectivity index (χ4n) is 6.26. The first kappa shape index (κ1) is 26.9. The van der Waals surface area contributed by atoms with Crippen LogP contribution in [0.5, 0.6) is 0 Å². The third-order valence-electron chi connectivity index (χ3n) is 8.40. The van der Waals surface area contributed by atoms with E-state index in [2.05, 4.69) is 9.58 Å². The molecule has 0 radical (unpaired) electrons. The second-order valence-corrected chi connectivity index (χ2v) is 11.6. The molecule has 1 fully saturated rings. The molecule has 2 amide bonds. The second kappa shape index (κ2) is 11.0. The van der Waals surface area contributed by atoms with Crippen molar-refractivity contribution in [2.24, 2.45) is 12.8 Å². The van der Waals surface area contributed by atoms with E-state index in [-0.39, 0.29) is 11.7 Å². The molecule has 0 spiro atoms. The highest BCUT2D eigenvalue weighted by atomic mass is 35.5. The Kier molecular flexibility index (Phi) is 7.37. The third-order valence-corrected chi connectivity index (χ3v) is 9.14. The number of carbonyl (C=O) groups is 1. The second-order valence-electron chi connectivity index (χ2n) is 10.8. The summed E-state index contributed by atoms with van der Waals surface area (Å²) in [4.78, 5) is 29.0. The minimum Gasteiger partial charge on any atom is -0.351 e. The summed E-state index contributed by atoms with van der Waals surface area (Å²) in [7, 11) is 1.85. The summed E-state index contributed by atoms with van der Waals surface area (Å²) in [5.41, 5.74) is 11.5. The summed E-state index contributed by atoms with van der Waals surface area (Å²) in [6.45, 7) is 4.67. The molecule has 0 aliphatic carbocycles. The number of rotatable bonds is 6. The number of amides is 2. The summed E-state index contributed by atoms with van der Waals surface area (Å²) in [6, 6.07) is 13.3. The fourth-order valence-corrected chi connectivity index (χ4v) is 6.55. The molecule has 40 heavy (non-hydrogen) atoms. The van der Waals surface area contributed by atoms with Crippen molar-refractivity contribution in [2.75, 3.05) is 26.2 Å². The number of aromatic nitrogens is 4. The number of halogens is 2. The van der Waals surface area contributed by atoms with Gasteiger partial charge in [0.1, 0.15) is 0 Å². The normalized spacial score (nSPS) is 16.5. The molecule has 2 aliphatic rings. The van der Waals surface area contributed by atoms with Gasteiger partial charge in [-0.15, -0.1) is 0 Å². The number of hydrogen-bond donors (Lipinski definition) is 1. The number of nitrogens with zero attached hydrogens (tertiary/aromatic N) is 6. The van der Waals surface area contributed by atoms with Crippen molar-refractivity contribution in [3.8, 4) is 11.3 Å². The fraction of sp³-hybridized carbons (Fsp3) is 0.414. The monoisotopic (exact) mass is 581 g/mol. The van der Waals surface area contributed by atoms with Gasteiger partial charge in [-0.3, -0.25) is 13.8 Å². The van der Waals surface area contributed by atoms with Crippen molar-refractivity contribution in [3.63, 3.8) is 0 Å². The van der Waals surface area contributed by atoms with Gasteiger partial charge in [-0.2, -0.15) is 5.10 Å². The Morgan fingerprint density at radius 3 is 2.50 bits per heavy atom. The number of hydrogen-bond acceptors (Lipinski definition) is 4. The minimum atomic E-state index is -0.423. The zero-order chi connectivity index (χ0) is 28.0. The topological polar surface area (TPSA) is 94.3 Å². The molecule has 1 saturated heterocycles. The van der Waals surface area contributed by atoms with Crippen molar-refractivity contribution in [1.82, 2.24) is 28.7 Å². The molecule has 210 valence electrons. The number of para-hydroxylation sites is 2. The molecule has 4 heterocycles. The number of aryl methyl sites for hydroxylation is 2. The molecule has 4 aromatic rings.